The minimum absolute atomic E-state index is 0.177. The third kappa shape index (κ3) is 4.06. The predicted octanol–water partition coefficient (Wildman–Crippen LogP) is 4.02. The summed E-state index contributed by atoms with van der Waals surface area (Å²) in [5.41, 5.74) is 2.82. The molecule has 28 heavy (non-hydrogen) atoms. The van der Waals surface area contributed by atoms with Gasteiger partial charge in [-0.25, -0.2) is 4.98 Å². The van der Waals surface area contributed by atoms with Crippen LogP contribution in [0.1, 0.15) is 53.4 Å². The molecule has 0 aliphatic carbocycles. The van der Waals surface area contributed by atoms with Crippen molar-refractivity contribution in [3.63, 3.8) is 0 Å². The Bertz CT molecular complexity index is 976. The summed E-state index contributed by atoms with van der Waals surface area (Å²) in [4.78, 5) is 31.8. The molecule has 1 aromatic carbocycles. The van der Waals surface area contributed by atoms with Gasteiger partial charge in [-0.2, -0.15) is 0 Å². The maximum absolute atomic E-state index is 12.8. The minimum atomic E-state index is -0.347. The van der Waals surface area contributed by atoms with Crippen molar-refractivity contribution in [2.24, 2.45) is 0 Å². The molecule has 0 fully saturated rings. The Morgan fingerprint density at radius 2 is 1.86 bits per heavy atom. The second kappa shape index (κ2) is 8.69. The van der Waals surface area contributed by atoms with Crippen LogP contribution in [0.3, 0.4) is 0 Å². The molecule has 6 nitrogen and oxygen atoms in total. The van der Waals surface area contributed by atoms with Crippen molar-refractivity contribution in [3.8, 4) is 0 Å². The lowest BCUT2D eigenvalue weighted by molar-refractivity contribution is 0.0790. The topological polar surface area (TPSA) is 66.7 Å². The van der Waals surface area contributed by atoms with E-state index in [9.17, 15) is 9.59 Å². The van der Waals surface area contributed by atoms with E-state index >= 15 is 0 Å². The number of imidazole rings is 1. The number of nitrogens with one attached hydrogen (secondary N) is 1. The average molecular weight is 378 g/mol. The first kappa shape index (κ1) is 19.6. The second-order valence-corrected chi connectivity index (χ2v) is 6.82. The van der Waals surface area contributed by atoms with E-state index in [1.165, 1.54) is 5.56 Å². The molecule has 0 bridgehead atoms. The van der Waals surface area contributed by atoms with Crippen molar-refractivity contribution < 1.29 is 9.59 Å². The van der Waals surface area contributed by atoms with Crippen LogP contribution in [0.4, 0.5) is 5.69 Å². The van der Waals surface area contributed by atoms with Crippen LogP contribution >= 0.6 is 0 Å². The molecule has 0 saturated carbocycles. The molecule has 0 aliphatic heterocycles. The van der Waals surface area contributed by atoms with Gasteiger partial charge in [0.2, 0.25) is 5.82 Å². The standard InChI is InChI=1S/C22H26N4O2/c1-4-6-14-25(3)22(28)19-18-9-7-8-15-26(18)20(24-19)21(27)23-17-12-10-16(5-2)11-13-17/h7-13,15H,4-6,14H2,1-3H3,(H,23,27). The molecule has 0 aliphatic rings. The fraction of sp³-hybridized carbons (Fsp3) is 0.318. The van der Waals surface area contributed by atoms with E-state index in [2.05, 4.69) is 24.1 Å². The number of nitrogens with zero attached hydrogens (tertiary/aromatic N) is 3. The number of anilines is 1. The molecule has 3 aromatic rings. The quantitative estimate of drug-likeness (QED) is 0.675. The molecule has 0 radical (unpaired) electrons. The number of pyridine rings is 1. The van der Waals surface area contributed by atoms with Crippen LogP contribution < -0.4 is 5.32 Å². The molecule has 6 heteroatoms. The van der Waals surface area contributed by atoms with Gasteiger partial charge in [0.25, 0.3) is 11.8 Å². The first-order chi connectivity index (χ1) is 13.5. The van der Waals surface area contributed by atoms with Gasteiger partial charge in [0.1, 0.15) is 0 Å². The average Bonchev–Trinajstić information content (AvgIpc) is 3.11. The first-order valence-electron chi connectivity index (χ1n) is 9.68. The van der Waals surface area contributed by atoms with Crippen LogP contribution in [0.2, 0.25) is 0 Å². The third-order valence-corrected chi connectivity index (χ3v) is 4.77. The van der Waals surface area contributed by atoms with Gasteiger partial charge in [0.15, 0.2) is 5.69 Å². The van der Waals surface area contributed by atoms with E-state index in [-0.39, 0.29) is 17.6 Å². The van der Waals surface area contributed by atoms with Crippen molar-refractivity contribution in [2.45, 2.75) is 33.1 Å². The molecule has 0 unspecified atom stereocenters. The summed E-state index contributed by atoms with van der Waals surface area (Å²) in [6.45, 7) is 4.83. The number of rotatable bonds is 7. The lowest BCUT2D eigenvalue weighted by atomic mass is 10.1. The molecular formula is C22H26N4O2. The largest absolute Gasteiger partial charge is 0.340 e. The fourth-order valence-corrected chi connectivity index (χ4v) is 3.04. The Kier molecular flexibility index (Phi) is 6.09. The monoisotopic (exact) mass is 378 g/mol. The van der Waals surface area contributed by atoms with E-state index in [0.717, 1.165) is 19.3 Å². The van der Waals surface area contributed by atoms with E-state index in [1.807, 2.05) is 36.4 Å². The Morgan fingerprint density at radius 1 is 1.11 bits per heavy atom. The summed E-state index contributed by atoms with van der Waals surface area (Å²) in [5, 5.41) is 2.87. The van der Waals surface area contributed by atoms with Gasteiger partial charge < -0.3 is 10.2 Å². The van der Waals surface area contributed by atoms with Crippen molar-refractivity contribution in [1.82, 2.24) is 14.3 Å². The zero-order valence-corrected chi connectivity index (χ0v) is 16.6. The lowest BCUT2D eigenvalue weighted by Gasteiger charge is -2.15. The van der Waals surface area contributed by atoms with Crippen LogP contribution in [0.25, 0.3) is 5.52 Å². The number of hydrogen-bond acceptors (Lipinski definition) is 3. The zero-order valence-electron chi connectivity index (χ0n) is 16.6. The minimum Gasteiger partial charge on any atom is -0.340 e. The third-order valence-electron chi connectivity index (χ3n) is 4.77. The molecule has 146 valence electrons. The number of hydrogen-bond donors (Lipinski definition) is 1. The number of amides is 2. The Hall–Kier alpha value is -3.15. The molecule has 0 saturated heterocycles. The Balaban J connectivity index is 1.90. The first-order valence-corrected chi connectivity index (χ1v) is 9.68. The summed E-state index contributed by atoms with van der Waals surface area (Å²) in [6, 6.07) is 13.2. The highest BCUT2D eigenvalue weighted by Gasteiger charge is 2.23. The highest BCUT2D eigenvalue weighted by atomic mass is 16.2. The number of benzene rings is 1. The zero-order chi connectivity index (χ0) is 20.1. The molecule has 0 atom stereocenters. The second-order valence-electron chi connectivity index (χ2n) is 6.82. The maximum Gasteiger partial charge on any atom is 0.292 e. The van der Waals surface area contributed by atoms with Crippen molar-refractivity contribution >= 4 is 23.0 Å². The summed E-state index contributed by atoms with van der Waals surface area (Å²) in [7, 11) is 1.77. The van der Waals surface area contributed by atoms with Crippen LogP contribution in [-0.2, 0) is 6.42 Å². The van der Waals surface area contributed by atoms with E-state index < -0.39 is 0 Å². The number of unbranched alkanes of at least 4 members (excludes halogenated alkanes) is 1. The molecule has 2 amide bonds. The van der Waals surface area contributed by atoms with E-state index in [4.69, 9.17) is 0 Å². The molecule has 2 heterocycles. The summed E-state index contributed by atoms with van der Waals surface area (Å²) in [6.07, 6.45) is 4.62. The van der Waals surface area contributed by atoms with Gasteiger partial charge in [-0.05, 0) is 42.7 Å². The van der Waals surface area contributed by atoms with E-state index in [1.54, 1.807) is 28.6 Å². The van der Waals surface area contributed by atoms with Crippen molar-refractivity contribution in [2.75, 3.05) is 18.9 Å². The number of aryl methyl sites for hydroxylation is 1. The van der Waals surface area contributed by atoms with Gasteiger partial charge in [0.05, 0.1) is 5.52 Å². The summed E-state index contributed by atoms with van der Waals surface area (Å²) >= 11 is 0. The van der Waals surface area contributed by atoms with Gasteiger partial charge in [-0.15, -0.1) is 0 Å². The highest BCUT2D eigenvalue weighted by molar-refractivity contribution is 6.06. The number of carbonyl (C=O) groups is 2. The van der Waals surface area contributed by atoms with Gasteiger partial charge in [-0.3, -0.25) is 14.0 Å². The van der Waals surface area contributed by atoms with Crippen molar-refractivity contribution in [1.29, 1.82) is 0 Å². The van der Waals surface area contributed by atoms with Gasteiger partial charge >= 0.3 is 0 Å². The number of fused-ring (bicyclic) bond motifs is 1. The number of carbonyl (C=O) groups excluding carboxylic acids is 2. The normalized spacial score (nSPS) is 10.8. The van der Waals surface area contributed by atoms with Crippen molar-refractivity contribution in [3.05, 3.63) is 65.7 Å². The fourth-order valence-electron chi connectivity index (χ4n) is 3.04. The number of aromatic nitrogens is 2. The van der Waals surface area contributed by atoms with Crippen LogP contribution in [-0.4, -0.2) is 39.7 Å². The molecule has 3 rings (SSSR count). The van der Waals surface area contributed by atoms with Crippen LogP contribution in [0, 0.1) is 0 Å². The van der Waals surface area contributed by atoms with Crippen LogP contribution in [0.15, 0.2) is 48.7 Å². The molecule has 0 spiro atoms. The lowest BCUT2D eigenvalue weighted by Crippen LogP contribution is -2.28. The molecule has 2 aromatic heterocycles. The Morgan fingerprint density at radius 3 is 2.54 bits per heavy atom. The highest BCUT2D eigenvalue weighted by Crippen LogP contribution is 2.17. The molecule has 1 N–H and O–H groups in total. The van der Waals surface area contributed by atoms with Crippen LogP contribution in [0.5, 0.6) is 0 Å². The maximum atomic E-state index is 12.8. The molecular weight excluding hydrogens is 352 g/mol. The SMILES string of the molecule is CCCCN(C)C(=O)c1nc(C(=O)Nc2ccc(CC)cc2)n2ccccc12. The van der Waals surface area contributed by atoms with E-state index in [0.29, 0.717) is 23.4 Å². The predicted molar refractivity (Wildman–Crippen MR) is 111 cm³/mol. The smallest absolute Gasteiger partial charge is 0.292 e. The summed E-state index contributed by atoms with van der Waals surface area (Å²) in [5.74, 6) is -0.327. The van der Waals surface area contributed by atoms with Gasteiger partial charge in [-0.1, -0.05) is 38.5 Å². The Labute approximate surface area is 165 Å². The summed E-state index contributed by atoms with van der Waals surface area (Å²) < 4.78 is 1.66. The van der Waals surface area contributed by atoms with Gasteiger partial charge in [0, 0.05) is 25.5 Å².